The Morgan fingerprint density at radius 3 is 2.79 bits per heavy atom. The second-order valence-corrected chi connectivity index (χ2v) is 5.28. The molecule has 0 radical (unpaired) electrons. The maximum atomic E-state index is 5.41. The fraction of sp³-hybridized carbons (Fsp3) is 0.429. The Morgan fingerprint density at radius 2 is 2.05 bits per heavy atom. The number of hydrogen-bond acceptors (Lipinski definition) is 3. The van der Waals surface area contributed by atoms with Crippen molar-refractivity contribution in [2.75, 3.05) is 6.54 Å². The lowest BCUT2D eigenvalue weighted by molar-refractivity contribution is 0.188. The van der Waals surface area contributed by atoms with E-state index >= 15 is 0 Å². The molecule has 1 aliphatic rings. The van der Waals surface area contributed by atoms with Gasteiger partial charge in [0, 0.05) is 19.6 Å². The molecule has 1 aliphatic heterocycles. The first-order valence-corrected chi connectivity index (χ1v) is 7.10. The summed E-state index contributed by atoms with van der Waals surface area (Å²) in [5, 5.41) is 4.37. The van der Waals surface area contributed by atoms with Gasteiger partial charge >= 0.3 is 0 Å². The predicted octanol–water partition coefficient (Wildman–Crippen LogP) is 2.45. The Labute approximate surface area is 118 Å². The number of benzene rings is 1. The highest BCUT2D eigenvalue weighted by Crippen LogP contribution is 2.18. The fourth-order valence-electron chi connectivity index (χ4n) is 2.55. The van der Waals surface area contributed by atoms with E-state index in [-0.39, 0.29) is 0 Å². The Hall–Kier alpha value is -1.46. The molecule has 0 fully saturated rings. The molecule has 0 aliphatic carbocycles. The van der Waals surface area contributed by atoms with Crippen molar-refractivity contribution in [1.29, 1.82) is 0 Å². The molecule has 2 aromatic rings. The lowest BCUT2D eigenvalue weighted by atomic mass is 10.0. The first kappa shape index (κ1) is 12.6. The van der Waals surface area contributed by atoms with E-state index in [0.717, 1.165) is 37.5 Å². The summed E-state index contributed by atoms with van der Waals surface area (Å²) in [7, 11) is 0. The summed E-state index contributed by atoms with van der Waals surface area (Å²) in [6.07, 6.45) is 2.93. The Balaban J connectivity index is 1.75. The van der Waals surface area contributed by atoms with Crippen LogP contribution in [0.2, 0.25) is 0 Å². The topological polar surface area (TPSA) is 26.0 Å². The standard InChI is InChI=1S/C14H18N4S/c1-2-17-10-15-18(14(17)19)11-16-8-7-12-5-3-4-6-13(12)9-16/h3-6,10H,2,7-9,11H2,1H3. The molecule has 1 aromatic carbocycles. The van der Waals surface area contributed by atoms with Crippen LogP contribution in [0.25, 0.3) is 0 Å². The van der Waals surface area contributed by atoms with E-state index in [1.165, 1.54) is 11.1 Å². The number of rotatable bonds is 3. The molecule has 0 spiro atoms. The van der Waals surface area contributed by atoms with Crippen LogP contribution in [0.3, 0.4) is 0 Å². The molecule has 0 saturated carbocycles. The van der Waals surface area contributed by atoms with Crippen molar-refractivity contribution in [3.8, 4) is 0 Å². The third kappa shape index (κ3) is 2.48. The van der Waals surface area contributed by atoms with Crippen molar-refractivity contribution in [3.05, 3.63) is 46.5 Å². The van der Waals surface area contributed by atoms with Crippen LogP contribution in [-0.4, -0.2) is 25.8 Å². The van der Waals surface area contributed by atoms with Gasteiger partial charge in [-0.05, 0) is 36.7 Å². The van der Waals surface area contributed by atoms with E-state index in [0.29, 0.717) is 0 Å². The summed E-state index contributed by atoms with van der Waals surface area (Å²) in [5.74, 6) is 0. The lowest BCUT2D eigenvalue weighted by Crippen LogP contribution is -2.32. The molecule has 0 atom stereocenters. The molecular formula is C14H18N4S. The van der Waals surface area contributed by atoms with Crippen molar-refractivity contribution >= 4 is 12.2 Å². The average Bonchev–Trinajstić information content (AvgIpc) is 2.79. The first-order valence-electron chi connectivity index (χ1n) is 6.69. The monoisotopic (exact) mass is 274 g/mol. The van der Waals surface area contributed by atoms with E-state index in [1.807, 2.05) is 15.6 Å². The summed E-state index contributed by atoms with van der Waals surface area (Å²) in [4.78, 5) is 2.39. The number of hydrogen-bond donors (Lipinski definition) is 0. The quantitative estimate of drug-likeness (QED) is 0.804. The summed E-state index contributed by atoms with van der Waals surface area (Å²) < 4.78 is 4.71. The van der Waals surface area contributed by atoms with Crippen LogP contribution in [0.1, 0.15) is 18.1 Å². The van der Waals surface area contributed by atoms with Crippen molar-refractivity contribution in [1.82, 2.24) is 19.2 Å². The normalized spacial score (nSPS) is 15.4. The van der Waals surface area contributed by atoms with Crippen LogP contribution in [-0.2, 0) is 26.2 Å². The SMILES string of the molecule is CCn1cnn(CN2CCc3ccccc3C2)c1=S. The third-order valence-electron chi connectivity index (χ3n) is 3.68. The van der Waals surface area contributed by atoms with Gasteiger partial charge in [-0.3, -0.25) is 4.90 Å². The first-order chi connectivity index (χ1) is 9.28. The molecule has 5 heteroatoms. The lowest BCUT2D eigenvalue weighted by Gasteiger charge is -2.28. The molecule has 0 bridgehead atoms. The molecule has 2 heterocycles. The Morgan fingerprint density at radius 1 is 1.26 bits per heavy atom. The minimum Gasteiger partial charge on any atom is -0.307 e. The molecule has 19 heavy (non-hydrogen) atoms. The zero-order valence-corrected chi connectivity index (χ0v) is 11.9. The summed E-state index contributed by atoms with van der Waals surface area (Å²) in [6.45, 7) is 5.79. The van der Waals surface area contributed by atoms with Gasteiger partial charge < -0.3 is 4.57 Å². The Kier molecular flexibility index (Phi) is 3.48. The minimum atomic E-state index is 0.778. The average molecular weight is 274 g/mol. The zero-order valence-electron chi connectivity index (χ0n) is 11.1. The summed E-state index contributed by atoms with van der Waals surface area (Å²) in [6, 6.07) is 8.67. The van der Waals surface area contributed by atoms with Gasteiger partial charge in [-0.1, -0.05) is 24.3 Å². The van der Waals surface area contributed by atoms with Gasteiger partial charge in [0.15, 0.2) is 4.77 Å². The molecule has 0 amide bonds. The molecule has 4 nitrogen and oxygen atoms in total. The van der Waals surface area contributed by atoms with Gasteiger partial charge in [0.05, 0.1) is 6.67 Å². The van der Waals surface area contributed by atoms with Crippen molar-refractivity contribution in [3.63, 3.8) is 0 Å². The number of aromatic nitrogens is 3. The van der Waals surface area contributed by atoms with Crippen molar-refractivity contribution < 1.29 is 0 Å². The van der Waals surface area contributed by atoms with Crippen LogP contribution < -0.4 is 0 Å². The smallest absolute Gasteiger partial charge is 0.198 e. The molecule has 0 saturated heterocycles. The minimum absolute atomic E-state index is 0.778. The van der Waals surface area contributed by atoms with Gasteiger partial charge in [0.25, 0.3) is 0 Å². The highest BCUT2D eigenvalue weighted by atomic mass is 32.1. The van der Waals surface area contributed by atoms with Gasteiger partial charge in [0.2, 0.25) is 0 Å². The molecule has 0 unspecified atom stereocenters. The van der Waals surface area contributed by atoms with E-state index in [4.69, 9.17) is 12.2 Å². The highest BCUT2D eigenvalue weighted by Gasteiger charge is 2.16. The van der Waals surface area contributed by atoms with Gasteiger partial charge in [-0.25, -0.2) is 4.68 Å². The third-order valence-corrected chi connectivity index (χ3v) is 4.13. The molecule has 3 rings (SSSR count). The van der Waals surface area contributed by atoms with Crippen LogP contribution in [0, 0.1) is 4.77 Å². The number of nitrogens with zero attached hydrogens (tertiary/aromatic N) is 4. The molecule has 1 aromatic heterocycles. The van der Waals surface area contributed by atoms with E-state index < -0.39 is 0 Å². The van der Waals surface area contributed by atoms with Crippen molar-refractivity contribution in [2.45, 2.75) is 33.1 Å². The fourth-order valence-corrected chi connectivity index (χ4v) is 2.83. The van der Waals surface area contributed by atoms with E-state index in [2.05, 4.69) is 41.2 Å². The second-order valence-electron chi connectivity index (χ2n) is 4.91. The maximum Gasteiger partial charge on any atom is 0.198 e. The summed E-state index contributed by atoms with van der Waals surface area (Å²) >= 11 is 5.41. The molecule has 100 valence electrons. The number of aryl methyl sites for hydroxylation is 1. The maximum absolute atomic E-state index is 5.41. The molecular weight excluding hydrogens is 256 g/mol. The van der Waals surface area contributed by atoms with Gasteiger partial charge in [0.1, 0.15) is 6.33 Å². The van der Waals surface area contributed by atoms with Crippen molar-refractivity contribution in [2.24, 2.45) is 0 Å². The Bertz CT molecular complexity index is 628. The van der Waals surface area contributed by atoms with Crippen LogP contribution in [0.4, 0.5) is 0 Å². The second kappa shape index (κ2) is 5.27. The molecule has 0 N–H and O–H groups in total. The zero-order chi connectivity index (χ0) is 13.2. The largest absolute Gasteiger partial charge is 0.307 e. The van der Waals surface area contributed by atoms with Gasteiger partial charge in [-0.15, -0.1) is 0 Å². The van der Waals surface area contributed by atoms with Crippen LogP contribution in [0.15, 0.2) is 30.6 Å². The predicted molar refractivity (Wildman–Crippen MR) is 77.3 cm³/mol. The highest BCUT2D eigenvalue weighted by molar-refractivity contribution is 7.71. The van der Waals surface area contributed by atoms with Crippen LogP contribution >= 0.6 is 12.2 Å². The summed E-state index contributed by atoms with van der Waals surface area (Å²) in [5.41, 5.74) is 2.90. The van der Waals surface area contributed by atoms with E-state index in [1.54, 1.807) is 0 Å². The van der Waals surface area contributed by atoms with E-state index in [9.17, 15) is 0 Å². The van der Waals surface area contributed by atoms with Gasteiger partial charge in [-0.2, -0.15) is 5.10 Å². The number of fused-ring (bicyclic) bond motifs is 1. The van der Waals surface area contributed by atoms with Crippen LogP contribution in [0.5, 0.6) is 0 Å².